The van der Waals surface area contributed by atoms with Crippen molar-refractivity contribution in [2.24, 2.45) is 11.1 Å². The van der Waals surface area contributed by atoms with Crippen LogP contribution in [0, 0.1) is 5.41 Å². The summed E-state index contributed by atoms with van der Waals surface area (Å²) in [5, 5.41) is 0. The predicted molar refractivity (Wildman–Crippen MR) is 80.8 cm³/mol. The number of hydrogen-bond acceptors (Lipinski definition) is 4. The minimum Gasteiger partial charge on any atom is -0.368 e. The molecule has 4 heteroatoms. The van der Waals surface area contributed by atoms with Gasteiger partial charge in [-0.15, -0.1) is 0 Å². The smallest absolute Gasteiger partial charge is 0.219 e. The molecule has 0 atom stereocenters. The molecule has 0 radical (unpaired) electrons. The van der Waals surface area contributed by atoms with Gasteiger partial charge in [0.2, 0.25) is 5.95 Å². The Morgan fingerprint density at radius 3 is 2.00 bits per heavy atom. The second kappa shape index (κ2) is 4.28. The zero-order valence-corrected chi connectivity index (χ0v) is 11.9. The number of nitrogens with zero attached hydrogens (tertiary/aromatic N) is 2. The van der Waals surface area contributed by atoms with Gasteiger partial charge in [-0.2, -0.15) is 0 Å². The Kier molecular flexibility index (Phi) is 2.80. The van der Waals surface area contributed by atoms with Crippen LogP contribution in [-0.2, 0) is 5.54 Å². The molecule has 3 rings (SSSR count). The van der Waals surface area contributed by atoms with Gasteiger partial charge in [-0.25, -0.2) is 9.97 Å². The first-order valence-electron chi connectivity index (χ1n) is 6.85. The third kappa shape index (κ3) is 2.27. The van der Waals surface area contributed by atoms with Gasteiger partial charge in [-0.1, -0.05) is 38.1 Å². The van der Waals surface area contributed by atoms with E-state index < -0.39 is 0 Å². The summed E-state index contributed by atoms with van der Waals surface area (Å²) in [5.41, 5.74) is 15.4. The largest absolute Gasteiger partial charge is 0.368 e. The molecule has 1 aliphatic rings. The van der Waals surface area contributed by atoms with E-state index in [1.807, 2.05) is 0 Å². The van der Waals surface area contributed by atoms with Crippen molar-refractivity contribution in [2.45, 2.75) is 32.2 Å². The summed E-state index contributed by atoms with van der Waals surface area (Å²) in [4.78, 5) is 8.03. The highest BCUT2D eigenvalue weighted by atomic mass is 15.0. The van der Waals surface area contributed by atoms with Crippen molar-refractivity contribution in [1.29, 1.82) is 0 Å². The van der Waals surface area contributed by atoms with Crippen molar-refractivity contribution in [3.63, 3.8) is 0 Å². The number of hydrogen-bond donors (Lipinski definition) is 2. The summed E-state index contributed by atoms with van der Waals surface area (Å²) in [7, 11) is 0. The summed E-state index contributed by atoms with van der Waals surface area (Å²) in [6, 6.07) is 8.37. The van der Waals surface area contributed by atoms with Crippen LogP contribution >= 0.6 is 0 Å². The van der Waals surface area contributed by atoms with Crippen LogP contribution in [0.4, 0.5) is 5.95 Å². The number of aromatic nitrogens is 2. The van der Waals surface area contributed by atoms with Gasteiger partial charge < -0.3 is 11.5 Å². The number of nitrogens with two attached hydrogens (primary N) is 2. The fraction of sp³-hybridized carbons (Fsp3) is 0.375. The van der Waals surface area contributed by atoms with E-state index in [1.54, 1.807) is 12.4 Å². The van der Waals surface area contributed by atoms with Crippen LogP contribution in [0.3, 0.4) is 0 Å². The SMILES string of the molecule is CC1(C)CC(N)(c2ccc(-c3cnc(N)nc3)cc2)C1. The number of nitrogen functional groups attached to an aromatic ring is 1. The van der Waals surface area contributed by atoms with E-state index in [1.165, 1.54) is 5.56 Å². The molecule has 1 fully saturated rings. The maximum Gasteiger partial charge on any atom is 0.219 e. The lowest BCUT2D eigenvalue weighted by Gasteiger charge is -2.51. The predicted octanol–water partition coefficient (Wildman–Crippen LogP) is 2.70. The van der Waals surface area contributed by atoms with Crippen LogP contribution in [0.1, 0.15) is 32.3 Å². The van der Waals surface area contributed by atoms with Crippen LogP contribution in [0.25, 0.3) is 11.1 Å². The zero-order valence-electron chi connectivity index (χ0n) is 11.9. The van der Waals surface area contributed by atoms with E-state index in [-0.39, 0.29) is 5.54 Å². The van der Waals surface area contributed by atoms with Gasteiger partial charge in [0, 0.05) is 23.5 Å². The molecule has 1 aromatic carbocycles. The van der Waals surface area contributed by atoms with Crippen molar-refractivity contribution in [3.8, 4) is 11.1 Å². The van der Waals surface area contributed by atoms with E-state index in [0.29, 0.717) is 11.4 Å². The highest BCUT2D eigenvalue weighted by molar-refractivity contribution is 5.62. The van der Waals surface area contributed by atoms with Gasteiger partial charge in [-0.05, 0) is 29.4 Å². The van der Waals surface area contributed by atoms with E-state index in [2.05, 4.69) is 48.1 Å². The van der Waals surface area contributed by atoms with E-state index in [4.69, 9.17) is 11.5 Å². The average Bonchev–Trinajstić information content (AvgIpc) is 2.37. The molecule has 1 heterocycles. The minimum atomic E-state index is -0.167. The molecule has 0 spiro atoms. The van der Waals surface area contributed by atoms with Crippen molar-refractivity contribution >= 4 is 5.95 Å². The summed E-state index contributed by atoms with van der Waals surface area (Å²) in [5.74, 6) is 0.294. The summed E-state index contributed by atoms with van der Waals surface area (Å²) in [6.07, 6.45) is 5.54. The van der Waals surface area contributed by atoms with Crippen LogP contribution in [-0.4, -0.2) is 9.97 Å². The van der Waals surface area contributed by atoms with Crippen molar-refractivity contribution in [3.05, 3.63) is 42.2 Å². The van der Waals surface area contributed by atoms with E-state index in [9.17, 15) is 0 Å². The molecule has 0 amide bonds. The van der Waals surface area contributed by atoms with Crippen molar-refractivity contribution < 1.29 is 0 Å². The molecule has 4 nitrogen and oxygen atoms in total. The van der Waals surface area contributed by atoms with Crippen LogP contribution in [0.2, 0.25) is 0 Å². The van der Waals surface area contributed by atoms with Crippen LogP contribution in [0.15, 0.2) is 36.7 Å². The quantitative estimate of drug-likeness (QED) is 0.877. The van der Waals surface area contributed by atoms with Crippen LogP contribution in [0.5, 0.6) is 0 Å². The number of rotatable bonds is 2. The molecule has 1 aliphatic carbocycles. The van der Waals surface area contributed by atoms with E-state index >= 15 is 0 Å². The lowest BCUT2D eigenvalue weighted by atomic mass is 9.57. The van der Waals surface area contributed by atoms with Gasteiger partial charge in [0.1, 0.15) is 0 Å². The number of benzene rings is 1. The Balaban J connectivity index is 1.83. The fourth-order valence-corrected chi connectivity index (χ4v) is 3.34. The zero-order chi connectivity index (χ0) is 14.4. The molecule has 0 bridgehead atoms. The number of anilines is 1. The van der Waals surface area contributed by atoms with Gasteiger partial charge in [-0.3, -0.25) is 0 Å². The van der Waals surface area contributed by atoms with Crippen molar-refractivity contribution in [1.82, 2.24) is 9.97 Å². The first kappa shape index (κ1) is 13.1. The standard InChI is InChI=1S/C16H20N4/c1-15(2)9-16(18,10-15)13-5-3-11(4-6-13)12-7-19-14(17)20-8-12/h3-8H,9-10,18H2,1-2H3,(H2,17,19,20). The molecule has 0 aliphatic heterocycles. The maximum atomic E-state index is 6.47. The van der Waals surface area contributed by atoms with Crippen molar-refractivity contribution in [2.75, 3.05) is 5.73 Å². The molecule has 0 saturated heterocycles. The average molecular weight is 268 g/mol. The topological polar surface area (TPSA) is 77.8 Å². The summed E-state index contributed by atoms with van der Waals surface area (Å²) < 4.78 is 0. The Bertz CT molecular complexity index is 606. The lowest BCUT2D eigenvalue weighted by molar-refractivity contribution is 0.0618. The second-order valence-corrected chi connectivity index (χ2v) is 6.58. The molecular formula is C16H20N4. The third-order valence-electron chi connectivity index (χ3n) is 4.05. The normalized spacial score (nSPS) is 19.4. The molecule has 4 N–H and O–H groups in total. The monoisotopic (exact) mass is 268 g/mol. The van der Waals surface area contributed by atoms with Gasteiger partial charge in [0.25, 0.3) is 0 Å². The first-order valence-corrected chi connectivity index (χ1v) is 6.85. The second-order valence-electron chi connectivity index (χ2n) is 6.58. The summed E-state index contributed by atoms with van der Waals surface area (Å²) >= 11 is 0. The fourth-order valence-electron chi connectivity index (χ4n) is 3.34. The van der Waals surface area contributed by atoms with Crippen LogP contribution < -0.4 is 11.5 Å². The maximum absolute atomic E-state index is 6.47. The highest BCUT2D eigenvalue weighted by Crippen LogP contribution is 2.51. The van der Waals surface area contributed by atoms with Gasteiger partial charge in [0.15, 0.2) is 0 Å². The highest BCUT2D eigenvalue weighted by Gasteiger charge is 2.47. The molecule has 0 unspecified atom stereocenters. The minimum absolute atomic E-state index is 0.167. The summed E-state index contributed by atoms with van der Waals surface area (Å²) in [6.45, 7) is 4.52. The van der Waals surface area contributed by atoms with E-state index in [0.717, 1.165) is 24.0 Å². The Labute approximate surface area is 119 Å². The third-order valence-corrected chi connectivity index (χ3v) is 4.05. The van der Waals surface area contributed by atoms with Gasteiger partial charge >= 0.3 is 0 Å². The first-order chi connectivity index (χ1) is 9.38. The van der Waals surface area contributed by atoms with Gasteiger partial charge in [0.05, 0.1) is 0 Å². The molecule has 104 valence electrons. The molecule has 20 heavy (non-hydrogen) atoms. The molecule has 2 aromatic rings. The molecular weight excluding hydrogens is 248 g/mol. The molecule has 1 saturated carbocycles. The molecule has 1 aromatic heterocycles. The lowest BCUT2D eigenvalue weighted by Crippen LogP contribution is -2.53. The Morgan fingerprint density at radius 1 is 0.950 bits per heavy atom. The Hall–Kier alpha value is -1.94. The Morgan fingerprint density at radius 2 is 1.50 bits per heavy atom.